The maximum Gasteiger partial charge on any atom is 0.241 e. The van der Waals surface area contributed by atoms with E-state index in [4.69, 9.17) is 9.15 Å². The van der Waals surface area contributed by atoms with Crippen LogP contribution in [0.4, 0.5) is 5.69 Å². The molecule has 1 amide bonds. The summed E-state index contributed by atoms with van der Waals surface area (Å²) in [6.07, 6.45) is 2.56. The highest BCUT2D eigenvalue weighted by Gasteiger charge is 2.21. The molecule has 7 nitrogen and oxygen atoms in total. The Hall–Kier alpha value is -2.48. The van der Waals surface area contributed by atoms with Crippen molar-refractivity contribution in [1.29, 1.82) is 0 Å². The van der Waals surface area contributed by atoms with Gasteiger partial charge in [-0.15, -0.1) is 0 Å². The highest BCUT2D eigenvalue weighted by atomic mass is 32.2. The Kier molecular flexibility index (Phi) is 5.86. The van der Waals surface area contributed by atoms with Crippen molar-refractivity contribution in [2.24, 2.45) is 0 Å². The largest absolute Gasteiger partial charge is 0.494 e. The lowest BCUT2D eigenvalue weighted by Gasteiger charge is -2.22. The van der Waals surface area contributed by atoms with Crippen molar-refractivity contribution in [1.82, 2.24) is 5.32 Å². The molecule has 1 aromatic heterocycles. The molecule has 2 aromatic rings. The number of nitrogens with zero attached hydrogens (tertiary/aromatic N) is 1. The molecule has 24 heavy (non-hydrogen) atoms. The summed E-state index contributed by atoms with van der Waals surface area (Å²) in [6.45, 7) is 2.17. The van der Waals surface area contributed by atoms with Gasteiger partial charge in [0.15, 0.2) is 0 Å². The highest BCUT2D eigenvalue weighted by Crippen LogP contribution is 2.23. The van der Waals surface area contributed by atoms with Gasteiger partial charge in [-0.3, -0.25) is 9.10 Å². The number of furan rings is 1. The van der Waals surface area contributed by atoms with Crippen LogP contribution < -0.4 is 14.4 Å². The number of sulfonamides is 1. The van der Waals surface area contributed by atoms with Gasteiger partial charge in [-0.1, -0.05) is 6.07 Å². The first kappa shape index (κ1) is 17.9. The van der Waals surface area contributed by atoms with E-state index in [2.05, 4.69) is 5.32 Å². The van der Waals surface area contributed by atoms with Crippen LogP contribution in [0.2, 0.25) is 0 Å². The molecule has 2 rings (SSSR count). The van der Waals surface area contributed by atoms with Gasteiger partial charge in [0.2, 0.25) is 15.9 Å². The number of nitrogens with one attached hydrogen (secondary N) is 1. The van der Waals surface area contributed by atoms with Crippen LogP contribution in [0.3, 0.4) is 0 Å². The Labute approximate surface area is 141 Å². The number of carbonyl (C=O) groups excluding carboxylic acids is 1. The fraction of sp³-hybridized carbons (Fsp3) is 0.312. The number of amides is 1. The minimum Gasteiger partial charge on any atom is -0.494 e. The van der Waals surface area contributed by atoms with Gasteiger partial charge >= 0.3 is 0 Å². The maximum absolute atomic E-state index is 12.1. The molecule has 0 unspecified atom stereocenters. The van der Waals surface area contributed by atoms with E-state index in [1.165, 1.54) is 6.26 Å². The summed E-state index contributed by atoms with van der Waals surface area (Å²) < 4.78 is 35.6. The predicted octanol–water partition coefficient (Wildman–Crippen LogP) is 1.76. The van der Waals surface area contributed by atoms with Gasteiger partial charge < -0.3 is 14.5 Å². The summed E-state index contributed by atoms with van der Waals surface area (Å²) in [7, 11) is -3.62. The summed E-state index contributed by atoms with van der Waals surface area (Å²) in [5.74, 6) is 0.700. The smallest absolute Gasteiger partial charge is 0.241 e. The molecule has 0 saturated heterocycles. The fourth-order valence-electron chi connectivity index (χ4n) is 2.08. The minimum absolute atomic E-state index is 0.197. The van der Waals surface area contributed by atoms with Crippen LogP contribution in [0.15, 0.2) is 47.1 Å². The van der Waals surface area contributed by atoms with Crippen molar-refractivity contribution in [3.05, 3.63) is 48.4 Å². The van der Waals surface area contributed by atoms with Crippen LogP contribution in [0.1, 0.15) is 12.7 Å². The number of ether oxygens (including phenoxy) is 1. The lowest BCUT2D eigenvalue weighted by Crippen LogP contribution is -2.40. The van der Waals surface area contributed by atoms with Crippen LogP contribution in [-0.4, -0.2) is 33.7 Å². The Morgan fingerprint density at radius 2 is 2.08 bits per heavy atom. The van der Waals surface area contributed by atoms with Gasteiger partial charge in [0.25, 0.3) is 0 Å². The number of hydrogen-bond donors (Lipinski definition) is 1. The molecule has 1 heterocycles. The fourth-order valence-corrected chi connectivity index (χ4v) is 2.93. The number of benzene rings is 1. The first-order valence-electron chi connectivity index (χ1n) is 7.40. The third-order valence-electron chi connectivity index (χ3n) is 3.14. The number of carbonyl (C=O) groups is 1. The summed E-state index contributed by atoms with van der Waals surface area (Å²) in [5, 5.41) is 2.63. The quantitative estimate of drug-likeness (QED) is 0.782. The topological polar surface area (TPSA) is 88.8 Å². The van der Waals surface area contributed by atoms with Gasteiger partial charge in [0.1, 0.15) is 18.1 Å². The second kappa shape index (κ2) is 7.87. The minimum atomic E-state index is -3.62. The van der Waals surface area contributed by atoms with E-state index < -0.39 is 15.9 Å². The van der Waals surface area contributed by atoms with Crippen molar-refractivity contribution < 1.29 is 22.4 Å². The third kappa shape index (κ3) is 5.02. The van der Waals surface area contributed by atoms with E-state index >= 15 is 0 Å². The number of anilines is 1. The van der Waals surface area contributed by atoms with Crippen LogP contribution in [0.25, 0.3) is 0 Å². The Bertz CT molecular complexity index is 772. The summed E-state index contributed by atoms with van der Waals surface area (Å²) in [4.78, 5) is 12.1. The van der Waals surface area contributed by atoms with E-state index in [1.807, 2.05) is 6.92 Å². The van der Waals surface area contributed by atoms with Crippen molar-refractivity contribution >= 4 is 21.6 Å². The standard InChI is InChI=1S/C16H20N2O5S/c1-3-22-14-7-4-6-13(10-14)18(24(2,20)21)12-16(19)17-11-15-8-5-9-23-15/h4-10H,3,11-12H2,1-2H3,(H,17,19). The molecule has 0 aliphatic carbocycles. The van der Waals surface area contributed by atoms with Gasteiger partial charge in [0.05, 0.1) is 31.4 Å². The zero-order chi connectivity index (χ0) is 17.6. The van der Waals surface area contributed by atoms with Gasteiger partial charge in [-0.05, 0) is 31.2 Å². The highest BCUT2D eigenvalue weighted by molar-refractivity contribution is 7.92. The van der Waals surface area contributed by atoms with E-state index in [0.29, 0.717) is 23.8 Å². The average Bonchev–Trinajstić information content (AvgIpc) is 3.03. The molecule has 1 aromatic carbocycles. The molecule has 0 radical (unpaired) electrons. The molecule has 0 atom stereocenters. The zero-order valence-corrected chi connectivity index (χ0v) is 14.4. The van der Waals surface area contributed by atoms with E-state index in [1.54, 1.807) is 36.4 Å². The molecule has 0 fully saturated rings. The molecular weight excluding hydrogens is 332 g/mol. The number of hydrogen-bond acceptors (Lipinski definition) is 5. The molecular formula is C16H20N2O5S. The van der Waals surface area contributed by atoms with Gasteiger partial charge in [-0.2, -0.15) is 0 Å². The number of rotatable bonds is 8. The van der Waals surface area contributed by atoms with Crippen molar-refractivity contribution in [2.45, 2.75) is 13.5 Å². The monoisotopic (exact) mass is 352 g/mol. The van der Waals surface area contributed by atoms with Crippen LogP contribution in [-0.2, 0) is 21.4 Å². The summed E-state index contributed by atoms with van der Waals surface area (Å²) in [6, 6.07) is 10.0. The first-order valence-corrected chi connectivity index (χ1v) is 9.24. The molecule has 130 valence electrons. The van der Waals surface area contributed by atoms with E-state index in [0.717, 1.165) is 10.6 Å². The zero-order valence-electron chi connectivity index (χ0n) is 13.6. The molecule has 0 bridgehead atoms. The Morgan fingerprint density at radius 3 is 2.71 bits per heavy atom. The van der Waals surface area contributed by atoms with Crippen molar-refractivity contribution in [3.8, 4) is 5.75 Å². The maximum atomic E-state index is 12.1. The van der Waals surface area contributed by atoms with Gasteiger partial charge in [-0.25, -0.2) is 8.42 Å². The first-order chi connectivity index (χ1) is 11.4. The third-order valence-corrected chi connectivity index (χ3v) is 4.28. The van der Waals surface area contributed by atoms with Crippen molar-refractivity contribution in [2.75, 3.05) is 23.7 Å². The normalized spacial score (nSPS) is 11.1. The Morgan fingerprint density at radius 1 is 1.29 bits per heavy atom. The predicted molar refractivity (Wildman–Crippen MR) is 90.4 cm³/mol. The van der Waals surface area contributed by atoms with E-state index in [-0.39, 0.29) is 13.1 Å². The van der Waals surface area contributed by atoms with Crippen molar-refractivity contribution in [3.63, 3.8) is 0 Å². The van der Waals surface area contributed by atoms with Crippen LogP contribution in [0.5, 0.6) is 5.75 Å². The second-order valence-electron chi connectivity index (χ2n) is 5.06. The summed E-state index contributed by atoms with van der Waals surface area (Å²) >= 11 is 0. The lowest BCUT2D eigenvalue weighted by molar-refractivity contribution is -0.119. The second-order valence-corrected chi connectivity index (χ2v) is 6.96. The molecule has 1 N–H and O–H groups in total. The lowest BCUT2D eigenvalue weighted by atomic mass is 10.3. The van der Waals surface area contributed by atoms with Crippen LogP contribution >= 0.6 is 0 Å². The summed E-state index contributed by atoms with van der Waals surface area (Å²) in [5.41, 5.74) is 0.372. The molecule has 0 spiro atoms. The van der Waals surface area contributed by atoms with E-state index in [9.17, 15) is 13.2 Å². The molecule has 8 heteroatoms. The molecule has 0 aliphatic heterocycles. The van der Waals surface area contributed by atoms with Crippen LogP contribution in [0, 0.1) is 0 Å². The Balaban J connectivity index is 2.11. The molecule has 0 aliphatic rings. The SMILES string of the molecule is CCOc1cccc(N(CC(=O)NCc2ccco2)S(C)(=O)=O)c1. The average molecular weight is 352 g/mol. The molecule has 0 saturated carbocycles. The van der Waals surface area contributed by atoms with Gasteiger partial charge in [0, 0.05) is 6.07 Å².